The number of benzene rings is 1. The van der Waals surface area contributed by atoms with Crippen molar-refractivity contribution in [3.05, 3.63) is 65.7 Å². The van der Waals surface area contributed by atoms with Gasteiger partial charge in [0.15, 0.2) is 0 Å². The summed E-state index contributed by atoms with van der Waals surface area (Å²) in [7, 11) is 0. The van der Waals surface area contributed by atoms with Crippen molar-refractivity contribution >= 4 is 11.9 Å². The second-order valence-electron chi connectivity index (χ2n) is 12.8. The molecule has 13 heteroatoms. The van der Waals surface area contributed by atoms with E-state index >= 15 is 0 Å². The van der Waals surface area contributed by atoms with E-state index in [-0.39, 0.29) is 25.2 Å². The maximum Gasteiger partial charge on any atom is 0.317 e. The number of rotatable bonds is 5. The van der Waals surface area contributed by atoms with Crippen LogP contribution < -0.4 is 5.32 Å². The van der Waals surface area contributed by atoms with Gasteiger partial charge in [-0.2, -0.15) is 0 Å². The smallest absolute Gasteiger partial charge is 0.317 e. The van der Waals surface area contributed by atoms with Crippen LogP contribution in [0.3, 0.4) is 0 Å². The van der Waals surface area contributed by atoms with E-state index in [0.29, 0.717) is 65.4 Å². The lowest BCUT2D eigenvalue weighted by Crippen LogP contribution is -2.51. The highest BCUT2D eigenvalue weighted by Crippen LogP contribution is 2.27. The van der Waals surface area contributed by atoms with E-state index in [2.05, 4.69) is 49.7 Å². The molecule has 13 nitrogen and oxygen atoms in total. The predicted octanol–water partition coefficient (Wildman–Crippen LogP) is 1.48. The third kappa shape index (κ3) is 8.74. The summed E-state index contributed by atoms with van der Waals surface area (Å²) in [6.07, 6.45) is 4.96. The van der Waals surface area contributed by atoms with Crippen molar-refractivity contribution in [2.24, 2.45) is 0 Å². The number of fused-ring (bicyclic) bond motifs is 8. The molecule has 0 amide bonds. The lowest BCUT2D eigenvalue weighted by atomic mass is 9.96. The number of nitrogens with zero attached hydrogens (tertiary/aromatic N) is 8. The van der Waals surface area contributed by atoms with Crippen LogP contribution in [-0.2, 0) is 22.7 Å². The normalized spacial score (nSPS) is 25.3. The van der Waals surface area contributed by atoms with Crippen molar-refractivity contribution in [1.29, 1.82) is 0 Å². The fourth-order valence-electron chi connectivity index (χ4n) is 6.98. The number of aliphatic carboxylic acids is 2. The number of piperidine rings is 1. The number of carboxylic acid groups (broad SMARTS) is 2. The van der Waals surface area contributed by atoms with Gasteiger partial charge >= 0.3 is 11.9 Å². The topological polar surface area (TPSA) is 143 Å². The molecule has 46 heavy (non-hydrogen) atoms. The molecular weight excluding hydrogens is 586 g/mol. The molecule has 2 unspecified atom stereocenters. The number of carboxylic acids is 2. The van der Waals surface area contributed by atoms with Gasteiger partial charge in [-0.05, 0) is 42.5 Å². The van der Waals surface area contributed by atoms with Gasteiger partial charge in [0.2, 0.25) is 0 Å². The summed E-state index contributed by atoms with van der Waals surface area (Å²) in [4.78, 5) is 37.6. The first-order valence-electron chi connectivity index (χ1n) is 16.4. The Balaban J connectivity index is 1.40. The van der Waals surface area contributed by atoms with Crippen LogP contribution in [0.15, 0.2) is 48.7 Å². The third-order valence-corrected chi connectivity index (χ3v) is 9.35. The third-order valence-electron chi connectivity index (χ3n) is 9.35. The quantitative estimate of drug-likeness (QED) is 0.375. The van der Waals surface area contributed by atoms with Crippen LogP contribution in [0.25, 0.3) is 11.1 Å². The molecule has 1 aromatic carbocycles. The Morgan fingerprint density at radius 3 is 2.07 bits per heavy atom. The lowest BCUT2D eigenvalue weighted by molar-refractivity contribution is -0.139. The van der Waals surface area contributed by atoms with E-state index in [1.165, 1.54) is 0 Å². The Morgan fingerprint density at radius 2 is 1.41 bits per heavy atom. The first-order chi connectivity index (χ1) is 22.4. The van der Waals surface area contributed by atoms with Gasteiger partial charge in [0.25, 0.3) is 0 Å². The molecule has 0 spiro atoms. The molecule has 0 aliphatic carbocycles. The minimum Gasteiger partial charge on any atom is -0.480 e. The van der Waals surface area contributed by atoms with Crippen molar-refractivity contribution < 1.29 is 19.8 Å². The van der Waals surface area contributed by atoms with Crippen LogP contribution in [0.1, 0.15) is 42.4 Å². The Kier molecular flexibility index (Phi) is 10.7. The summed E-state index contributed by atoms with van der Waals surface area (Å²) in [5, 5.41) is 32.2. The first-order valence-corrected chi connectivity index (χ1v) is 16.4. The predicted molar refractivity (Wildman–Crippen MR) is 172 cm³/mol. The average molecular weight is 632 g/mol. The zero-order valence-electron chi connectivity index (χ0n) is 26.4. The SMILES string of the molecule is O=C(O)CN1CCN2CCN(CC(=O)O)CCN(CC1)CC1CCCC(N1)c1cnnn1Cc1cc(-c3ccccc3)cc(n1)C2. The fraction of sp³-hybridized carbons (Fsp3) is 0.545. The zero-order valence-corrected chi connectivity index (χ0v) is 26.4. The van der Waals surface area contributed by atoms with E-state index in [4.69, 9.17) is 4.98 Å². The van der Waals surface area contributed by atoms with E-state index in [0.717, 1.165) is 54.0 Å². The van der Waals surface area contributed by atoms with Gasteiger partial charge in [-0.25, -0.2) is 4.68 Å². The second kappa shape index (κ2) is 15.2. The molecule has 6 bridgehead atoms. The molecule has 2 fully saturated rings. The van der Waals surface area contributed by atoms with Crippen molar-refractivity contribution in [3.8, 4) is 11.1 Å². The van der Waals surface area contributed by atoms with Crippen molar-refractivity contribution in [3.63, 3.8) is 0 Å². The number of nitrogens with one attached hydrogen (secondary N) is 1. The van der Waals surface area contributed by atoms with E-state index in [1.807, 2.05) is 38.9 Å². The summed E-state index contributed by atoms with van der Waals surface area (Å²) in [6, 6.07) is 14.9. The molecule has 2 atom stereocenters. The summed E-state index contributed by atoms with van der Waals surface area (Å²) >= 11 is 0. The molecule has 0 radical (unpaired) electrons. The second-order valence-corrected chi connectivity index (χ2v) is 12.8. The molecular formula is C33H45N9O4. The highest BCUT2D eigenvalue weighted by Gasteiger charge is 2.28. The molecule has 2 saturated heterocycles. The van der Waals surface area contributed by atoms with Gasteiger partial charge in [-0.1, -0.05) is 35.5 Å². The van der Waals surface area contributed by atoms with Crippen LogP contribution in [-0.4, -0.2) is 140 Å². The van der Waals surface area contributed by atoms with Crippen LogP contribution in [0, 0.1) is 0 Å². The Morgan fingerprint density at radius 1 is 0.783 bits per heavy atom. The van der Waals surface area contributed by atoms with Crippen LogP contribution >= 0.6 is 0 Å². The largest absolute Gasteiger partial charge is 0.480 e. The van der Waals surface area contributed by atoms with Crippen molar-refractivity contribution in [2.75, 3.05) is 72.0 Å². The van der Waals surface area contributed by atoms with Gasteiger partial charge in [-0.3, -0.25) is 34.2 Å². The number of hydrogen-bond acceptors (Lipinski definition) is 10. The van der Waals surface area contributed by atoms with E-state index in [1.54, 1.807) is 0 Å². The monoisotopic (exact) mass is 631 g/mol. The number of aromatic nitrogens is 4. The van der Waals surface area contributed by atoms with Gasteiger partial charge in [0.05, 0.1) is 49.0 Å². The highest BCUT2D eigenvalue weighted by molar-refractivity contribution is 5.69. The van der Waals surface area contributed by atoms with E-state index < -0.39 is 11.9 Å². The molecule has 3 aromatic rings. The molecule has 3 N–H and O–H groups in total. The average Bonchev–Trinajstić information content (AvgIpc) is 3.50. The first kappa shape index (κ1) is 32.2. The summed E-state index contributed by atoms with van der Waals surface area (Å²) in [6.45, 7) is 6.95. The molecule has 4 aliphatic heterocycles. The maximum atomic E-state index is 11.9. The van der Waals surface area contributed by atoms with Crippen LogP contribution in [0.5, 0.6) is 0 Å². The minimum absolute atomic E-state index is 0.0144. The standard InChI is InChI=1S/C33H45N9O4/c43-32(44)23-40-13-9-38-10-14-41(24-33(45)46)16-12-39(11-15-40)21-28-17-26(25-5-2-1-3-6-25)18-29(35-28)22-42-31(19-34-37-42)30-8-4-7-27(20-38)36-30/h1-3,5-6,17-19,27,30,36H,4,7-16,20-24H2,(H,43,44)(H,45,46). The van der Waals surface area contributed by atoms with E-state index in [9.17, 15) is 19.8 Å². The van der Waals surface area contributed by atoms with Gasteiger partial charge < -0.3 is 15.5 Å². The van der Waals surface area contributed by atoms with Crippen molar-refractivity contribution in [2.45, 2.75) is 44.4 Å². The van der Waals surface area contributed by atoms with Crippen LogP contribution in [0.2, 0.25) is 0 Å². The lowest BCUT2D eigenvalue weighted by Gasteiger charge is -2.37. The molecule has 2 aromatic heterocycles. The van der Waals surface area contributed by atoms with Crippen LogP contribution in [0.4, 0.5) is 0 Å². The molecule has 6 heterocycles. The van der Waals surface area contributed by atoms with Gasteiger partial charge in [0, 0.05) is 71.5 Å². The summed E-state index contributed by atoms with van der Waals surface area (Å²) < 4.78 is 1.98. The number of hydrogen-bond donors (Lipinski definition) is 3. The summed E-state index contributed by atoms with van der Waals surface area (Å²) in [5.41, 5.74) is 5.02. The Hall–Kier alpha value is -3.75. The Bertz CT molecular complexity index is 1440. The summed E-state index contributed by atoms with van der Waals surface area (Å²) in [5.74, 6) is -1.66. The molecule has 0 saturated carbocycles. The molecule has 7 rings (SSSR count). The maximum absolute atomic E-state index is 11.9. The molecule has 246 valence electrons. The number of pyridine rings is 1. The van der Waals surface area contributed by atoms with Gasteiger partial charge in [-0.15, -0.1) is 5.10 Å². The molecule has 4 aliphatic rings. The minimum atomic E-state index is -0.830. The van der Waals surface area contributed by atoms with Crippen molar-refractivity contribution in [1.82, 2.24) is 44.9 Å². The highest BCUT2D eigenvalue weighted by atomic mass is 16.4. The number of carbonyl (C=O) groups is 2. The fourth-order valence-corrected chi connectivity index (χ4v) is 6.98. The van der Waals surface area contributed by atoms with Gasteiger partial charge in [0.1, 0.15) is 0 Å². The Labute approximate surface area is 269 Å². The zero-order chi connectivity index (χ0) is 31.9.